The predicted octanol–water partition coefficient (Wildman–Crippen LogP) is 1.59. The van der Waals surface area contributed by atoms with Crippen LogP contribution in [0.25, 0.3) is 0 Å². The molecule has 1 aromatic rings. The standard InChI is InChI=1S/C13H14N4/c14-8-10-1-2-13(7-11(10)9-15)17-12-3-5-16-6-4-12/h1-2,7,12,16-17H,3-6H2. The highest BCUT2D eigenvalue weighted by atomic mass is 15.0. The molecule has 1 aliphatic heterocycles. The number of piperidine rings is 1. The molecule has 0 aliphatic carbocycles. The molecule has 1 heterocycles. The molecular formula is C13H14N4. The Hall–Kier alpha value is -2.04. The van der Waals surface area contributed by atoms with Crippen LogP contribution in [-0.2, 0) is 0 Å². The summed E-state index contributed by atoms with van der Waals surface area (Å²) in [7, 11) is 0. The highest BCUT2D eigenvalue weighted by molar-refractivity contribution is 5.56. The number of anilines is 1. The van der Waals surface area contributed by atoms with Crippen molar-refractivity contribution >= 4 is 5.69 Å². The number of hydrogen-bond donors (Lipinski definition) is 2. The molecule has 0 bridgehead atoms. The molecule has 0 spiro atoms. The van der Waals surface area contributed by atoms with E-state index < -0.39 is 0 Å². The van der Waals surface area contributed by atoms with Crippen LogP contribution in [0.1, 0.15) is 24.0 Å². The van der Waals surface area contributed by atoms with Gasteiger partial charge in [0, 0.05) is 11.7 Å². The van der Waals surface area contributed by atoms with Crippen molar-refractivity contribution < 1.29 is 0 Å². The third-order valence-electron chi connectivity index (χ3n) is 2.97. The summed E-state index contributed by atoms with van der Waals surface area (Å²) < 4.78 is 0. The van der Waals surface area contributed by atoms with Crippen LogP contribution >= 0.6 is 0 Å². The van der Waals surface area contributed by atoms with E-state index in [0.717, 1.165) is 31.6 Å². The van der Waals surface area contributed by atoms with Gasteiger partial charge in [-0.05, 0) is 44.1 Å². The summed E-state index contributed by atoms with van der Waals surface area (Å²) >= 11 is 0. The molecule has 0 aromatic heterocycles. The van der Waals surface area contributed by atoms with Gasteiger partial charge in [-0.2, -0.15) is 10.5 Å². The SMILES string of the molecule is N#Cc1ccc(NC2CCNCC2)cc1C#N. The average Bonchev–Trinajstić information content (AvgIpc) is 2.40. The second kappa shape index (κ2) is 5.34. The van der Waals surface area contributed by atoms with E-state index >= 15 is 0 Å². The first-order valence-corrected chi connectivity index (χ1v) is 5.75. The number of nitrogens with one attached hydrogen (secondary N) is 2. The zero-order valence-electron chi connectivity index (χ0n) is 9.53. The first-order valence-electron chi connectivity index (χ1n) is 5.75. The Bertz CT molecular complexity index is 475. The molecule has 0 atom stereocenters. The number of nitrogens with zero attached hydrogens (tertiary/aromatic N) is 2. The van der Waals surface area contributed by atoms with Crippen LogP contribution in [0, 0.1) is 22.7 Å². The van der Waals surface area contributed by atoms with Crippen LogP contribution in [-0.4, -0.2) is 19.1 Å². The normalized spacial score (nSPS) is 15.9. The lowest BCUT2D eigenvalue weighted by Crippen LogP contribution is -2.35. The summed E-state index contributed by atoms with van der Waals surface area (Å²) in [5.41, 5.74) is 1.79. The van der Waals surface area contributed by atoms with Gasteiger partial charge in [0.1, 0.15) is 12.1 Å². The van der Waals surface area contributed by atoms with Gasteiger partial charge in [0.15, 0.2) is 0 Å². The highest BCUT2D eigenvalue weighted by Gasteiger charge is 2.13. The molecule has 4 heteroatoms. The van der Waals surface area contributed by atoms with Gasteiger partial charge in [-0.1, -0.05) is 0 Å². The topological polar surface area (TPSA) is 71.6 Å². The van der Waals surface area contributed by atoms with Crippen molar-refractivity contribution in [3.05, 3.63) is 29.3 Å². The number of benzene rings is 1. The van der Waals surface area contributed by atoms with Gasteiger partial charge in [0.2, 0.25) is 0 Å². The molecule has 0 saturated carbocycles. The van der Waals surface area contributed by atoms with E-state index in [4.69, 9.17) is 10.5 Å². The number of hydrogen-bond acceptors (Lipinski definition) is 4. The van der Waals surface area contributed by atoms with Crippen molar-refractivity contribution in [3.63, 3.8) is 0 Å². The zero-order valence-corrected chi connectivity index (χ0v) is 9.53. The Morgan fingerprint density at radius 3 is 2.47 bits per heavy atom. The van der Waals surface area contributed by atoms with Crippen LogP contribution in [0.3, 0.4) is 0 Å². The summed E-state index contributed by atoms with van der Waals surface area (Å²) in [6, 6.07) is 9.83. The fourth-order valence-corrected chi connectivity index (χ4v) is 2.03. The van der Waals surface area contributed by atoms with Crippen molar-refractivity contribution in [1.82, 2.24) is 5.32 Å². The van der Waals surface area contributed by atoms with E-state index in [2.05, 4.69) is 10.6 Å². The molecule has 0 radical (unpaired) electrons. The molecule has 1 aliphatic rings. The maximum atomic E-state index is 8.94. The second-order valence-electron chi connectivity index (χ2n) is 4.15. The van der Waals surface area contributed by atoms with E-state index in [1.165, 1.54) is 0 Å². The molecule has 2 rings (SSSR count). The maximum Gasteiger partial charge on any atom is 0.101 e. The van der Waals surface area contributed by atoms with E-state index in [1.54, 1.807) is 12.1 Å². The molecule has 2 N–H and O–H groups in total. The Labute approximate surface area is 101 Å². The van der Waals surface area contributed by atoms with Crippen LogP contribution < -0.4 is 10.6 Å². The summed E-state index contributed by atoms with van der Waals surface area (Å²) in [4.78, 5) is 0. The van der Waals surface area contributed by atoms with Crippen molar-refractivity contribution in [2.75, 3.05) is 18.4 Å². The van der Waals surface area contributed by atoms with Crippen LogP contribution in [0.2, 0.25) is 0 Å². The largest absolute Gasteiger partial charge is 0.382 e. The number of rotatable bonds is 2. The molecule has 0 amide bonds. The van der Waals surface area contributed by atoms with Crippen LogP contribution in [0.15, 0.2) is 18.2 Å². The maximum absolute atomic E-state index is 8.94. The molecule has 86 valence electrons. The van der Waals surface area contributed by atoms with E-state index in [9.17, 15) is 0 Å². The molecule has 0 unspecified atom stereocenters. The summed E-state index contributed by atoms with van der Waals surface area (Å²) in [5, 5.41) is 24.5. The fraction of sp³-hybridized carbons (Fsp3) is 0.385. The van der Waals surface area contributed by atoms with Gasteiger partial charge in [-0.25, -0.2) is 0 Å². The molecule has 1 aromatic carbocycles. The molecule has 17 heavy (non-hydrogen) atoms. The van der Waals surface area contributed by atoms with Crippen molar-refractivity contribution in [2.45, 2.75) is 18.9 Å². The Balaban J connectivity index is 2.12. The van der Waals surface area contributed by atoms with Crippen molar-refractivity contribution in [2.24, 2.45) is 0 Å². The van der Waals surface area contributed by atoms with Gasteiger partial charge in [-0.3, -0.25) is 0 Å². The monoisotopic (exact) mass is 226 g/mol. The van der Waals surface area contributed by atoms with Gasteiger partial charge in [0.25, 0.3) is 0 Å². The Morgan fingerprint density at radius 1 is 1.12 bits per heavy atom. The minimum Gasteiger partial charge on any atom is -0.382 e. The predicted molar refractivity (Wildman–Crippen MR) is 65.4 cm³/mol. The molecular weight excluding hydrogens is 212 g/mol. The molecule has 1 fully saturated rings. The minimum absolute atomic E-state index is 0.434. The summed E-state index contributed by atoms with van der Waals surface area (Å²) in [6.07, 6.45) is 2.17. The first-order chi connectivity index (χ1) is 8.33. The third kappa shape index (κ3) is 2.75. The second-order valence-corrected chi connectivity index (χ2v) is 4.15. The van der Waals surface area contributed by atoms with Gasteiger partial charge < -0.3 is 10.6 Å². The van der Waals surface area contributed by atoms with Gasteiger partial charge in [0.05, 0.1) is 11.1 Å². The lowest BCUT2D eigenvalue weighted by atomic mass is 10.0. The van der Waals surface area contributed by atoms with Gasteiger partial charge >= 0.3 is 0 Å². The lowest BCUT2D eigenvalue weighted by molar-refractivity contribution is 0.479. The lowest BCUT2D eigenvalue weighted by Gasteiger charge is -2.24. The Kier molecular flexibility index (Phi) is 3.59. The quantitative estimate of drug-likeness (QED) is 0.803. The Morgan fingerprint density at radius 2 is 1.82 bits per heavy atom. The van der Waals surface area contributed by atoms with E-state index in [0.29, 0.717) is 17.2 Å². The summed E-state index contributed by atoms with van der Waals surface area (Å²) in [6.45, 7) is 2.05. The smallest absolute Gasteiger partial charge is 0.101 e. The average molecular weight is 226 g/mol. The van der Waals surface area contributed by atoms with Crippen LogP contribution in [0.5, 0.6) is 0 Å². The van der Waals surface area contributed by atoms with Crippen molar-refractivity contribution in [1.29, 1.82) is 10.5 Å². The minimum atomic E-state index is 0.434. The summed E-state index contributed by atoms with van der Waals surface area (Å²) in [5.74, 6) is 0. The first kappa shape index (κ1) is 11.4. The van der Waals surface area contributed by atoms with Crippen molar-refractivity contribution in [3.8, 4) is 12.1 Å². The fourth-order valence-electron chi connectivity index (χ4n) is 2.03. The molecule has 4 nitrogen and oxygen atoms in total. The number of nitriles is 2. The highest BCUT2D eigenvalue weighted by Crippen LogP contribution is 2.17. The van der Waals surface area contributed by atoms with E-state index in [-0.39, 0.29) is 0 Å². The third-order valence-corrected chi connectivity index (χ3v) is 2.97. The van der Waals surface area contributed by atoms with E-state index in [1.807, 2.05) is 18.2 Å². The van der Waals surface area contributed by atoms with Gasteiger partial charge in [-0.15, -0.1) is 0 Å². The molecule has 1 saturated heterocycles. The van der Waals surface area contributed by atoms with Crippen LogP contribution in [0.4, 0.5) is 5.69 Å². The zero-order chi connectivity index (χ0) is 12.1.